The van der Waals surface area contributed by atoms with E-state index in [9.17, 15) is 4.79 Å². The van der Waals surface area contributed by atoms with Crippen molar-refractivity contribution in [3.05, 3.63) is 0 Å². The molecular weight excluding hydrogens is 357 g/mol. The van der Waals surface area contributed by atoms with E-state index < -0.39 is 0 Å². The van der Waals surface area contributed by atoms with Gasteiger partial charge in [-0.3, -0.25) is 4.79 Å². The normalized spacial score (nSPS) is 22.4. The molecular formula is C19H39Cl2N3O. The summed E-state index contributed by atoms with van der Waals surface area (Å²) in [4.78, 5) is 14.6. The monoisotopic (exact) mass is 395 g/mol. The minimum absolute atomic E-state index is 0. The van der Waals surface area contributed by atoms with Crippen LogP contribution in [0, 0.1) is 11.8 Å². The molecule has 2 fully saturated rings. The first kappa shape index (κ1) is 25.0. The Morgan fingerprint density at radius 2 is 1.88 bits per heavy atom. The Kier molecular flexibility index (Phi) is 15.1. The summed E-state index contributed by atoms with van der Waals surface area (Å²) in [5.74, 6) is 1.43. The van der Waals surface area contributed by atoms with Gasteiger partial charge in [-0.25, -0.2) is 0 Å². The number of carbonyl (C=O) groups excluding carboxylic acids is 1. The van der Waals surface area contributed by atoms with Gasteiger partial charge >= 0.3 is 0 Å². The van der Waals surface area contributed by atoms with Crippen LogP contribution in [0.5, 0.6) is 0 Å². The summed E-state index contributed by atoms with van der Waals surface area (Å²) in [6.45, 7) is 9.16. The van der Waals surface area contributed by atoms with Crippen molar-refractivity contribution >= 4 is 30.7 Å². The van der Waals surface area contributed by atoms with Gasteiger partial charge in [0.05, 0.1) is 0 Å². The summed E-state index contributed by atoms with van der Waals surface area (Å²) in [5, 5.41) is 6.56. The fourth-order valence-electron chi connectivity index (χ4n) is 3.94. The van der Waals surface area contributed by atoms with Crippen LogP contribution in [0.2, 0.25) is 0 Å². The third-order valence-electron chi connectivity index (χ3n) is 5.57. The summed E-state index contributed by atoms with van der Waals surface area (Å²) >= 11 is 0. The lowest BCUT2D eigenvalue weighted by Gasteiger charge is -2.28. The molecule has 4 nitrogen and oxygen atoms in total. The second kappa shape index (κ2) is 15.1. The molecule has 2 atom stereocenters. The highest BCUT2D eigenvalue weighted by molar-refractivity contribution is 5.85. The van der Waals surface area contributed by atoms with Crippen molar-refractivity contribution in [2.45, 2.75) is 64.7 Å². The van der Waals surface area contributed by atoms with Gasteiger partial charge in [0.25, 0.3) is 0 Å². The first-order chi connectivity index (χ1) is 11.3. The maximum absolute atomic E-state index is 12.0. The van der Waals surface area contributed by atoms with Crippen LogP contribution >= 0.6 is 24.8 Å². The zero-order chi connectivity index (χ0) is 16.3. The van der Waals surface area contributed by atoms with E-state index in [4.69, 9.17) is 0 Å². The summed E-state index contributed by atoms with van der Waals surface area (Å²) in [5.41, 5.74) is 0. The van der Waals surface area contributed by atoms with Crippen LogP contribution in [0.25, 0.3) is 0 Å². The van der Waals surface area contributed by atoms with Crippen molar-refractivity contribution in [3.8, 4) is 0 Å². The summed E-state index contributed by atoms with van der Waals surface area (Å²) in [7, 11) is 0. The highest BCUT2D eigenvalue weighted by atomic mass is 35.5. The van der Waals surface area contributed by atoms with E-state index in [1.807, 2.05) is 0 Å². The van der Waals surface area contributed by atoms with Gasteiger partial charge in [-0.2, -0.15) is 0 Å². The van der Waals surface area contributed by atoms with Crippen LogP contribution in [-0.4, -0.2) is 50.1 Å². The highest BCUT2D eigenvalue weighted by Crippen LogP contribution is 2.22. The van der Waals surface area contributed by atoms with Crippen molar-refractivity contribution < 1.29 is 4.79 Å². The minimum Gasteiger partial charge on any atom is -0.356 e. The average molecular weight is 396 g/mol. The molecule has 0 radical (unpaired) electrons. The first-order valence-electron chi connectivity index (χ1n) is 9.95. The number of piperidine rings is 2. The van der Waals surface area contributed by atoms with Gasteiger partial charge in [0.1, 0.15) is 0 Å². The SMILES string of the molecule is CC(CC(=O)NCCCCCN1CCCCC1)C1CCCNC1.Cl.Cl. The second-order valence-electron chi connectivity index (χ2n) is 7.60. The molecule has 0 aromatic heterocycles. The van der Waals surface area contributed by atoms with E-state index in [0.29, 0.717) is 18.3 Å². The quantitative estimate of drug-likeness (QED) is 0.585. The van der Waals surface area contributed by atoms with E-state index in [1.165, 1.54) is 64.6 Å². The molecule has 0 spiro atoms. The Labute approximate surface area is 167 Å². The molecule has 25 heavy (non-hydrogen) atoms. The number of rotatable bonds is 9. The highest BCUT2D eigenvalue weighted by Gasteiger charge is 2.21. The molecule has 2 aliphatic rings. The molecule has 0 aromatic carbocycles. The lowest BCUT2D eigenvalue weighted by Crippen LogP contribution is -2.35. The molecule has 2 N–H and O–H groups in total. The van der Waals surface area contributed by atoms with E-state index in [0.717, 1.165) is 26.1 Å². The average Bonchev–Trinajstić information content (AvgIpc) is 2.59. The Balaban J connectivity index is 0.00000288. The Bertz CT molecular complexity index is 333. The lowest BCUT2D eigenvalue weighted by atomic mass is 9.85. The predicted molar refractivity (Wildman–Crippen MR) is 111 cm³/mol. The van der Waals surface area contributed by atoms with Gasteiger partial charge < -0.3 is 15.5 Å². The van der Waals surface area contributed by atoms with Crippen molar-refractivity contribution in [1.29, 1.82) is 0 Å². The molecule has 2 aliphatic heterocycles. The van der Waals surface area contributed by atoms with Crippen molar-refractivity contribution in [3.63, 3.8) is 0 Å². The first-order valence-corrected chi connectivity index (χ1v) is 9.95. The van der Waals surface area contributed by atoms with Crippen LogP contribution in [0.15, 0.2) is 0 Å². The molecule has 150 valence electrons. The van der Waals surface area contributed by atoms with Gasteiger partial charge in [-0.1, -0.05) is 19.8 Å². The zero-order valence-corrected chi connectivity index (χ0v) is 17.6. The van der Waals surface area contributed by atoms with Crippen LogP contribution in [0.3, 0.4) is 0 Å². The molecule has 2 rings (SSSR count). The van der Waals surface area contributed by atoms with E-state index in [2.05, 4.69) is 22.5 Å². The van der Waals surface area contributed by atoms with Crippen molar-refractivity contribution in [1.82, 2.24) is 15.5 Å². The molecule has 0 bridgehead atoms. The van der Waals surface area contributed by atoms with E-state index >= 15 is 0 Å². The number of nitrogens with one attached hydrogen (secondary N) is 2. The molecule has 2 heterocycles. The largest absolute Gasteiger partial charge is 0.356 e. The Morgan fingerprint density at radius 1 is 1.12 bits per heavy atom. The standard InChI is InChI=1S/C19H37N3O.2ClH/c1-17(18-9-8-10-20-16-18)15-19(23)21-11-4-2-5-12-22-13-6-3-7-14-22;;/h17-18,20H,2-16H2,1H3,(H,21,23);2*1H. The summed E-state index contributed by atoms with van der Waals surface area (Å²) < 4.78 is 0. The number of hydrogen-bond donors (Lipinski definition) is 2. The van der Waals surface area contributed by atoms with Gasteiger partial charge in [-0.15, -0.1) is 24.8 Å². The summed E-state index contributed by atoms with van der Waals surface area (Å²) in [6.07, 6.45) is 11.0. The number of unbranched alkanes of at least 4 members (excludes halogenated alkanes) is 2. The molecule has 1 amide bonds. The van der Waals surface area contributed by atoms with E-state index in [1.54, 1.807) is 0 Å². The van der Waals surface area contributed by atoms with Crippen LogP contribution in [-0.2, 0) is 4.79 Å². The number of carbonyl (C=O) groups is 1. The van der Waals surface area contributed by atoms with Gasteiger partial charge in [-0.05, 0) is 83.1 Å². The third kappa shape index (κ3) is 10.6. The minimum atomic E-state index is 0. The number of nitrogens with zero attached hydrogens (tertiary/aromatic N) is 1. The maximum Gasteiger partial charge on any atom is 0.220 e. The van der Waals surface area contributed by atoms with Crippen molar-refractivity contribution in [2.24, 2.45) is 11.8 Å². The molecule has 2 unspecified atom stereocenters. The van der Waals surface area contributed by atoms with Crippen LogP contribution in [0.1, 0.15) is 64.7 Å². The van der Waals surface area contributed by atoms with Gasteiger partial charge in [0, 0.05) is 13.0 Å². The molecule has 0 aliphatic carbocycles. The fraction of sp³-hybridized carbons (Fsp3) is 0.947. The summed E-state index contributed by atoms with van der Waals surface area (Å²) in [6, 6.07) is 0. The predicted octanol–water partition coefficient (Wildman–Crippen LogP) is 3.63. The number of likely N-dealkylation sites (tertiary alicyclic amines) is 1. The molecule has 0 aromatic rings. The molecule has 2 saturated heterocycles. The third-order valence-corrected chi connectivity index (χ3v) is 5.57. The number of amides is 1. The Morgan fingerprint density at radius 3 is 2.56 bits per heavy atom. The van der Waals surface area contributed by atoms with E-state index in [-0.39, 0.29) is 30.7 Å². The van der Waals surface area contributed by atoms with Crippen LogP contribution in [0.4, 0.5) is 0 Å². The van der Waals surface area contributed by atoms with Crippen molar-refractivity contribution in [2.75, 3.05) is 39.3 Å². The number of hydrogen-bond acceptors (Lipinski definition) is 3. The Hall–Kier alpha value is -0.0300. The fourth-order valence-corrected chi connectivity index (χ4v) is 3.94. The lowest BCUT2D eigenvalue weighted by molar-refractivity contribution is -0.122. The molecule has 6 heteroatoms. The van der Waals surface area contributed by atoms with Gasteiger partial charge in [0.15, 0.2) is 0 Å². The second-order valence-corrected chi connectivity index (χ2v) is 7.60. The number of halogens is 2. The topological polar surface area (TPSA) is 44.4 Å². The molecule has 0 saturated carbocycles. The maximum atomic E-state index is 12.0. The van der Waals surface area contributed by atoms with Crippen LogP contribution < -0.4 is 10.6 Å². The van der Waals surface area contributed by atoms with Gasteiger partial charge in [0.2, 0.25) is 5.91 Å². The smallest absolute Gasteiger partial charge is 0.220 e. The zero-order valence-electron chi connectivity index (χ0n) is 15.9.